The Kier molecular flexibility index (Phi) is 4.82. The second-order valence-electron chi connectivity index (χ2n) is 6.19. The molecule has 0 aliphatic heterocycles. The number of hydrogen-bond acceptors (Lipinski definition) is 6. The van der Waals surface area contributed by atoms with Crippen LogP contribution in [0.25, 0.3) is 11.4 Å². The highest BCUT2D eigenvalue weighted by Gasteiger charge is 2.23. The van der Waals surface area contributed by atoms with E-state index >= 15 is 0 Å². The van der Waals surface area contributed by atoms with Crippen LogP contribution in [0, 0.1) is 0 Å². The maximum absolute atomic E-state index is 10.4. The third kappa shape index (κ3) is 3.82. The number of aromatic nitrogens is 3. The summed E-state index contributed by atoms with van der Waals surface area (Å²) in [4.78, 5) is 13.5. The molecule has 0 aromatic carbocycles. The van der Waals surface area contributed by atoms with Gasteiger partial charge in [0, 0.05) is 41.5 Å². The third-order valence-electron chi connectivity index (χ3n) is 3.96. The van der Waals surface area contributed by atoms with E-state index < -0.39 is 5.60 Å². The molecule has 0 fully saturated rings. The Morgan fingerprint density at radius 1 is 1.26 bits per heavy atom. The molecule has 0 radical (unpaired) electrons. The Bertz CT molecular complexity index is 676. The molecular formula is C17H22N4OS. The van der Waals surface area contributed by atoms with E-state index in [1.807, 2.05) is 25.3 Å². The lowest BCUT2D eigenvalue weighted by atomic mass is 10.1. The maximum atomic E-state index is 10.4. The lowest BCUT2D eigenvalue weighted by Crippen LogP contribution is -2.36. The lowest BCUT2D eigenvalue weighted by molar-refractivity contribution is 0.0996. The van der Waals surface area contributed by atoms with Crippen molar-refractivity contribution in [2.75, 3.05) is 23.9 Å². The van der Waals surface area contributed by atoms with E-state index in [-0.39, 0.29) is 0 Å². The van der Waals surface area contributed by atoms with E-state index in [0.717, 1.165) is 42.2 Å². The Labute approximate surface area is 141 Å². The van der Waals surface area contributed by atoms with Crippen LogP contribution in [-0.2, 0) is 12.8 Å². The van der Waals surface area contributed by atoms with Crippen molar-refractivity contribution in [3.8, 4) is 11.4 Å². The lowest BCUT2D eigenvalue weighted by Gasteiger charge is -2.23. The van der Waals surface area contributed by atoms with Gasteiger partial charge in [-0.2, -0.15) is 11.8 Å². The fourth-order valence-corrected chi connectivity index (χ4v) is 3.57. The standard InChI is InChI=1S/C17H22N4OS/c1-17(22,11-23-2)10-19-16-13-4-3-5-14(13)20-15(21-16)12-6-8-18-9-7-12/h6-9,22H,3-5,10-11H2,1-2H3,(H,19,20,21). The summed E-state index contributed by atoms with van der Waals surface area (Å²) in [6.07, 6.45) is 8.60. The first-order valence-electron chi connectivity index (χ1n) is 7.84. The number of nitrogens with one attached hydrogen (secondary N) is 1. The Hall–Kier alpha value is -1.66. The SMILES string of the molecule is CSCC(C)(O)CNc1nc(-c2ccncc2)nc2c1CCC2. The molecule has 3 rings (SSSR count). The predicted molar refractivity (Wildman–Crippen MR) is 94.8 cm³/mol. The number of rotatable bonds is 6. The number of aliphatic hydroxyl groups is 1. The topological polar surface area (TPSA) is 70.9 Å². The fourth-order valence-electron chi connectivity index (χ4n) is 2.84. The summed E-state index contributed by atoms with van der Waals surface area (Å²) >= 11 is 1.64. The molecule has 2 heterocycles. The molecule has 0 spiro atoms. The predicted octanol–water partition coefficient (Wildman–Crippen LogP) is 2.55. The molecule has 23 heavy (non-hydrogen) atoms. The van der Waals surface area contributed by atoms with E-state index in [1.165, 1.54) is 5.56 Å². The highest BCUT2D eigenvalue weighted by atomic mass is 32.2. The van der Waals surface area contributed by atoms with E-state index in [4.69, 9.17) is 9.97 Å². The number of hydrogen-bond donors (Lipinski definition) is 2. The van der Waals surface area contributed by atoms with Crippen molar-refractivity contribution in [2.24, 2.45) is 0 Å². The van der Waals surface area contributed by atoms with Gasteiger partial charge in [0.1, 0.15) is 5.82 Å². The summed E-state index contributed by atoms with van der Waals surface area (Å²) in [5.41, 5.74) is 2.53. The molecule has 122 valence electrons. The minimum atomic E-state index is -0.757. The summed E-state index contributed by atoms with van der Waals surface area (Å²) in [5, 5.41) is 13.7. The van der Waals surface area contributed by atoms with Crippen LogP contribution in [0.1, 0.15) is 24.6 Å². The molecule has 2 aromatic heterocycles. The molecule has 0 bridgehead atoms. The zero-order valence-corrected chi connectivity index (χ0v) is 14.4. The number of thioether (sulfide) groups is 1. The number of nitrogens with zero attached hydrogens (tertiary/aromatic N) is 3. The Morgan fingerprint density at radius 2 is 2.04 bits per heavy atom. The van der Waals surface area contributed by atoms with E-state index in [1.54, 1.807) is 24.2 Å². The van der Waals surface area contributed by atoms with Crippen molar-refractivity contribution >= 4 is 17.6 Å². The Balaban J connectivity index is 1.89. The number of aryl methyl sites for hydroxylation is 1. The second-order valence-corrected chi connectivity index (χ2v) is 7.06. The van der Waals surface area contributed by atoms with Crippen LogP contribution in [0.15, 0.2) is 24.5 Å². The summed E-state index contributed by atoms with van der Waals surface area (Å²) in [6, 6.07) is 3.84. The van der Waals surface area contributed by atoms with Gasteiger partial charge < -0.3 is 10.4 Å². The number of fused-ring (bicyclic) bond motifs is 1. The second kappa shape index (κ2) is 6.84. The van der Waals surface area contributed by atoms with Crippen molar-refractivity contribution in [2.45, 2.75) is 31.8 Å². The summed E-state index contributed by atoms with van der Waals surface area (Å²) in [6.45, 7) is 2.33. The van der Waals surface area contributed by atoms with Gasteiger partial charge in [0.05, 0.1) is 5.60 Å². The van der Waals surface area contributed by atoms with Crippen LogP contribution < -0.4 is 5.32 Å². The van der Waals surface area contributed by atoms with Gasteiger partial charge in [0.25, 0.3) is 0 Å². The molecular weight excluding hydrogens is 308 g/mol. The number of pyridine rings is 1. The summed E-state index contributed by atoms with van der Waals surface area (Å²) < 4.78 is 0. The monoisotopic (exact) mass is 330 g/mol. The summed E-state index contributed by atoms with van der Waals surface area (Å²) in [7, 11) is 0. The van der Waals surface area contributed by atoms with E-state index in [9.17, 15) is 5.11 Å². The van der Waals surface area contributed by atoms with Gasteiger partial charge in [-0.05, 0) is 44.6 Å². The van der Waals surface area contributed by atoms with Crippen molar-refractivity contribution in [1.29, 1.82) is 0 Å². The molecule has 1 unspecified atom stereocenters. The summed E-state index contributed by atoms with van der Waals surface area (Å²) in [5.74, 6) is 2.27. The van der Waals surface area contributed by atoms with Gasteiger partial charge in [0.2, 0.25) is 0 Å². The first kappa shape index (κ1) is 16.2. The van der Waals surface area contributed by atoms with E-state index in [0.29, 0.717) is 12.3 Å². The van der Waals surface area contributed by atoms with Gasteiger partial charge >= 0.3 is 0 Å². The van der Waals surface area contributed by atoms with Crippen LogP contribution >= 0.6 is 11.8 Å². The van der Waals surface area contributed by atoms with Crippen molar-refractivity contribution in [3.63, 3.8) is 0 Å². The smallest absolute Gasteiger partial charge is 0.161 e. The molecule has 2 N–H and O–H groups in total. The minimum Gasteiger partial charge on any atom is -0.387 e. The average Bonchev–Trinajstić information content (AvgIpc) is 3.02. The average molecular weight is 330 g/mol. The van der Waals surface area contributed by atoms with Crippen LogP contribution in [0.5, 0.6) is 0 Å². The quantitative estimate of drug-likeness (QED) is 0.848. The minimum absolute atomic E-state index is 0.479. The molecule has 0 saturated heterocycles. The first-order valence-corrected chi connectivity index (χ1v) is 9.24. The van der Waals surface area contributed by atoms with Crippen LogP contribution in [-0.4, -0.2) is 44.2 Å². The third-order valence-corrected chi connectivity index (χ3v) is 4.87. The van der Waals surface area contributed by atoms with Gasteiger partial charge in [0.15, 0.2) is 5.82 Å². The van der Waals surface area contributed by atoms with Gasteiger partial charge in [-0.15, -0.1) is 0 Å². The highest BCUT2D eigenvalue weighted by Crippen LogP contribution is 2.29. The zero-order chi connectivity index (χ0) is 16.3. The van der Waals surface area contributed by atoms with Gasteiger partial charge in [-0.3, -0.25) is 4.98 Å². The molecule has 0 amide bonds. The fraction of sp³-hybridized carbons (Fsp3) is 0.471. The Morgan fingerprint density at radius 3 is 2.78 bits per heavy atom. The van der Waals surface area contributed by atoms with Crippen LogP contribution in [0.4, 0.5) is 5.82 Å². The normalized spacial score (nSPS) is 16.0. The van der Waals surface area contributed by atoms with Crippen molar-refractivity contribution < 1.29 is 5.11 Å². The maximum Gasteiger partial charge on any atom is 0.161 e. The largest absolute Gasteiger partial charge is 0.387 e. The van der Waals surface area contributed by atoms with Gasteiger partial charge in [-0.25, -0.2) is 9.97 Å². The number of anilines is 1. The van der Waals surface area contributed by atoms with Gasteiger partial charge in [-0.1, -0.05) is 0 Å². The molecule has 1 aliphatic carbocycles. The van der Waals surface area contributed by atoms with Crippen molar-refractivity contribution in [3.05, 3.63) is 35.8 Å². The first-order chi connectivity index (χ1) is 11.1. The molecule has 0 saturated carbocycles. The molecule has 6 heteroatoms. The van der Waals surface area contributed by atoms with Crippen LogP contribution in [0.2, 0.25) is 0 Å². The molecule has 2 aromatic rings. The molecule has 5 nitrogen and oxygen atoms in total. The van der Waals surface area contributed by atoms with Crippen LogP contribution in [0.3, 0.4) is 0 Å². The molecule has 1 atom stereocenters. The van der Waals surface area contributed by atoms with E-state index in [2.05, 4.69) is 10.3 Å². The highest BCUT2D eigenvalue weighted by molar-refractivity contribution is 7.98. The van der Waals surface area contributed by atoms with Crippen molar-refractivity contribution in [1.82, 2.24) is 15.0 Å². The zero-order valence-electron chi connectivity index (χ0n) is 13.5. The molecule has 1 aliphatic rings.